The van der Waals surface area contributed by atoms with E-state index in [1.54, 1.807) is 12.1 Å². The molecule has 0 amide bonds. The molecule has 0 fully saturated rings. The van der Waals surface area contributed by atoms with E-state index in [2.05, 4.69) is 153 Å². The van der Waals surface area contributed by atoms with Crippen LogP contribution in [0.15, 0.2) is 164 Å². The monoisotopic (exact) mass is 778 g/mol. The van der Waals surface area contributed by atoms with Crippen LogP contribution in [0.25, 0.3) is 33.0 Å². The van der Waals surface area contributed by atoms with Gasteiger partial charge in [-0.2, -0.15) is 4.72 Å². The summed E-state index contributed by atoms with van der Waals surface area (Å²) in [5, 5.41) is 2.73. The predicted octanol–water partition coefficient (Wildman–Crippen LogP) is 13.3. The van der Waals surface area contributed by atoms with Crippen LogP contribution in [0.4, 0.5) is 5.69 Å². The fourth-order valence-corrected chi connectivity index (χ4v) is 7.75. The highest BCUT2D eigenvalue weighted by Gasteiger charge is 2.17. The van der Waals surface area contributed by atoms with Crippen LogP contribution in [-0.2, 0) is 23.1 Å². The van der Waals surface area contributed by atoms with Crippen molar-refractivity contribution in [1.82, 2.24) is 0 Å². The number of quaternary nitrogens is 1. The molecule has 0 aliphatic heterocycles. The molecule has 9 rings (SSSR count). The molecule has 0 saturated heterocycles. The van der Waals surface area contributed by atoms with Gasteiger partial charge in [0.2, 0.25) is 0 Å². The Labute approximate surface area is 342 Å². The number of nitrogens with two attached hydrogens (primary N) is 1. The van der Waals surface area contributed by atoms with Gasteiger partial charge in [-0.3, -0.25) is 0 Å². The molecule has 0 saturated carbocycles. The van der Waals surface area contributed by atoms with E-state index in [1.807, 2.05) is 53.7 Å². The van der Waals surface area contributed by atoms with Gasteiger partial charge in [-0.15, -0.1) is 8.42 Å². The van der Waals surface area contributed by atoms with Gasteiger partial charge < -0.3 is 0 Å². The zero-order valence-corrected chi connectivity index (χ0v) is 35.7. The number of hydrogen-bond acceptors (Lipinski definition) is 2. The second-order valence-electron chi connectivity index (χ2n) is 14.1. The Morgan fingerprint density at radius 2 is 0.772 bits per heavy atom. The first-order valence-corrected chi connectivity index (χ1v) is 21.8. The Hall–Kier alpha value is -5.33. The lowest BCUT2D eigenvalue weighted by atomic mass is 9.96. The molecule has 0 aromatic heterocycles. The minimum Gasteiger partial charge on any atom is -0.241 e. The van der Waals surface area contributed by atoms with Crippen molar-refractivity contribution in [2.75, 3.05) is 0 Å². The molecule has 3 N–H and O–H groups in total. The van der Waals surface area contributed by atoms with E-state index in [9.17, 15) is 8.42 Å². The number of rotatable bonds is 4. The van der Waals surface area contributed by atoms with Crippen molar-refractivity contribution >= 4 is 26.8 Å². The van der Waals surface area contributed by atoms with Crippen LogP contribution in [0.2, 0.25) is 0 Å². The summed E-state index contributed by atoms with van der Waals surface area (Å²) < 4.78 is 30.9. The quantitative estimate of drug-likeness (QED) is 0.138. The van der Waals surface area contributed by atoms with E-state index in [0.717, 1.165) is 23.1 Å². The summed E-state index contributed by atoms with van der Waals surface area (Å²) in [4.78, 5) is 0. The van der Waals surface area contributed by atoms with Crippen molar-refractivity contribution in [1.29, 1.82) is 0 Å². The summed E-state index contributed by atoms with van der Waals surface area (Å²) >= 11 is 0. The summed E-state index contributed by atoms with van der Waals surface area (Å²) in [6, 6.07) is 56.8. The van der Waals surface area contributed by atoms with Crippen LogP contribution >= 0.6 is 0 Å². The Kier molecular flexibility index (Phi) is 17.0. The van der Waals surface area contributed by atoms with Crippen molar-refractivity contribution in [2.24, 2.45) is 0 Å². The van der Waals surface area contributed by atoms with Gasteiger partial charge in [0, 0.05) is 11.6 Å². The lowest BCUT2D eigenvalue weighted by molar-refractivity contribution is -0.407. The van der Waals surface area contributed by atoms with Crippen molar-refractivity contribution in [2.45, 2.75) is 80.1 Å². The maximum Gasteiger partial charge on any atom is 0.434 e. The van der Waals surface area contributed by atoms with E-state index in [-0.39, 0.29) is 5.92 Å². The smallest absolute Gasteiger partial charge is 0.241 e. The molecule has 0 bridgehead atoms. The molecule has 0 heterocycles. The Balaban J connectivity index is 0.000000163. The zero-order chi connectivity index (χ0) is 41.4. The Morgan fingerprint density at radius 3 is 1.19 bits per heavy atom. The van der Waals surface area contributed by atoms with E-state index in [4.69, 9.17) is 4.55 Å². The minimum atomic E-state index is -4.06. The predicted molar refractivity (Wildman–Crippen MR) is 244 cm³/mol. The van der Waals surface area contributed by atoms with Crippen LogP contribution < -0.4 is 4.72 Å². The summed E-state index contributed by atoms with van der Waals surface area (Å²) in [5.41, 5.74) is 14.4. The minimum absolute atomic E-state index is 0.226. The van der Waals surface area contributed by atoms with Crippen LogP contribution in [0.3, 0.4) is 0 Å². The number of hydrogen-bond donors (Lipinski definition) is 2. The van der Waals surface area contributed by atoms with E-state index in [0.29, 0.717) is 11.6 Å². The largest absolute Gasteiger partial charge is 0.434 e. The van der Waals surface area contributed by atoms with Gasteiger partial charge >= 0.3 is 10.3 Å². The van der Waals surface area contributed by atoms with Gasteiger partial charge in [0.05, 0.1) is 0 Å². The molecule has 0 radical (unpaired) electrons. The summed E-state index contributed by atoms with van der Waals surface area (Å²) in [6.07, 6.45) is 2.21. The molecule has 296 valence electrons. The van der Waals surface area contributed by atoms with Crippen LogP contribution in [-0.4, -0.2) is 13.0 Å². The van der Waals surface area contributed by atoms with E-state index < -0.39 is 10.3 Å². The fraction of sp³-hybridized carbons (Fsp3) is 0.231. The van der Waals surface area contributed by atoms with Gasteiger partial charge in [0.1, 0.15) is 5.69 Å². The second-order valence-corrected chi connectivity index (χ2v) is 15.4. The van der Waals surface area contributed by atoms with Crippen molar-refractivity contribution in [3.63, 3.8) is 0 Å². The topological polar surface area (TPSA) is 71.0 Å². The standard InChI is InChI=1S/2C13H10.C13H14.C9H13NO3S.2C2H6/c2*1-3-7-12-10(5-1)9-11-6-2-4-8-13(11)12;1-10(2)12-9-5-7-11-6-3-4-8-13(11)12;1-7(2)8-5-3-4-6-9(8)10-14(11,12)13;2*1-2/h2*1-8H,9H2;3-10H,1-2H3;3-7,10H,1-2H3,(H,11,12,13);2*1-2H3/p+1. The highest BCUT2D eigenvalue weighted by molar-refractivity contribution is 7.79. The van der Waals surface area contributed by atoms with Gasteiger partial charge in [-0.1, -0.05) is 213 Å². The maximum absolute atomic E-state index is 10.7. The van der Waals surface area contributed by atoms with Crippen LogP contribution in [0, 0.1) is 0 Å². The van der Waals surface area contributed by atoms with Crippen molar-refractivity contribution < 1.29 is 17.7 Å². The lowest BCUT2D eigenvalue weighted by Crippen LogP contribution is -2.81. The molecule has 2 aliphatic rings. The summed E-state index contributed by atoms with van der Waals surface area (Å²) in [6.45, 7) is 16.4. The van der Waals surface area contributed by atoms with Crippen molar-refractivity contribution in [3.8, 4) is 22.3 Å². The third-order valence-corrected chi connectivity index (χ3v) is 10.3. The average molecular weight is 779 g/mol. The van der Waals surface area contributed by atoms with Crippen LogP contribution in [0.1, 0.15) is 101 Å². The lowest BCUT2D eigenvalue weighted by Gasteiger charge is -2.08. The first-order chi connectivity index (χ1) is 27.6. The van der Waals surface area contributed by atoms with Crippen LogP contribution in [0.5, 0.6) is 0 Å². The first-order valence-electron chi connectivity index (χ1n) is 20.3. The van der Waals surface area contributed by atoms with Gasteiger partial charge in [-0.05, 0) is 85.5 Å². The molecule has 5 heteroatoms. The molecular formula is C52H60NO3S+. The zero-order valence-electron chi connectivity index (χ0n) is 34.9. The SMILES string of the molecule is CC.CC.CC(C)c1cccc2ccccc12.CC(C)c1ccccc1[NH2+]S(=O)(=O)O.c1ccc2c(c1)Cc1ccccc1-2.c1ccc2c(c1)Cc1ccccc1-2. The molecule has 57 heavy (non-hydrogen) atoms. The summed E-state index contributed by atoms with van der Waals surface area (Å²) in [7, 11) is -4.06. The fourth-order valence-electron chi connectivity index (χ4n) is 7.22. The van der Waals surface area contributed by atoms with Crippen molar-refractivity contribution in [3.05, 3.63) is 197 Å². The molecule has 2 aliphatic carbocycles. The third-order valence-electron chi connectivity index (χ3n) is 9.75. The number of benzene rings is 7. The highest BCUT2D eigenvalue weighted by Crippen LogP contribution is 2.36. The first kappa shape index (κ1) is 44.4. The molecule has 0 spiro atoms. The third kappa shape index (κ3) is 12.1. The Morgan fingerprint density at radius 1 is 0.439 bits per heavy atom. The average Bonchev–Trinajstić information content (AvgIpc) is 3.81. The Bertz CT molecular complexity index is 2250. The van der Waals surface area contributed by atoms with Gasteiger partial charge in [-0.25, -0.2) is 4.55 Å². The summed E-state index contributed by atoms with van der Waals surface area (Å²) in [5.74, 6) is 0.829. The second kappa shape index (κ2) is 21.8. The molecule has 0 unspecified atom stereocenters. The van der Waals surface area contributed by atoms with E-state index >= 15 is 0 Å². The number of fused-ring (bicyclic) bond motifs is 7. The molecule has 7 aromatic rings. The molecule has 4 nitrogen and oxygen atoms in total. The molecular weight excluding hydrogens is 719 g/mol. The van der Waals surface area contributed by atoms with Gasteiger partial charge in [0.15, 0.2) is 0 Å². The highest BCUT2D eigenvalue weighted by atomic mass is 32.2. The van der Waals surface area contributed by atoms with E-state index in [1.165, 1.54) is 60.8 Å². The molecule has 7 aromatic carbocycles. The molecule has 0 atom stereocenters. The maximum atomic E-state index is 10.7. The normalized spacial score (nSPS) is 11.3. The van der Waals surface area contributed by atoms with Gasteiger partial charge in [0.25, 0.3) is 0 Å².